The van der Waals surface area contributed by atoms with Crippen LogP contribution in [0.3, 0.4) is 0 Å². The lowest BCUT2D eigenvalue weighted by atomic mass is 9.94. The number of carbonyl (C=O) groups excluding carboxylic acids is 2. The smallest absolute Gasteiger partial charge is 0.234 e. The molecule has 1 heterocycles. The molecule has 2 amide bonds. The number of rotatable bonds is 5. The van der Waals surface area contributed by atoms with Crippen LogP contribution >= 0.6 is 11.8 Å². The van der Waals surface area contributed by atoms with Gasteiger partial charge in [0.2, 0.25) is 11.8 Å². The SMILES string of the molecule is CC(CC(=O)N(C)C1CCCCC1)S(=O)(=O)c1ccc2c(c1)NC(=O)CS2. The van der Waals surface area contributed by atoms with Crippen molar-refractivity contribution in [3.63, 3.8) is 0 Å². The zero-order chi connectivity index (χ0) is 19.6. The van der Waals surface area contributed by atoms with Crippen LogP contribution in [0.2, 0.25) is 0 Å². The molecule has 0 aromatic heterocycles. The van der Waals surface area contributed by atoms with Crippen molar-refractivity contribution in [3.05, 3.63) is 18.2 Å². The fourth-order valence-electron chi connectivity index (χ4n) is 3.64. The molecule has 1 aliphatic heterocycles. The summed E-state index contributed by atoms with van der Waals surface area (Å²) in [5, 5.41) is 1.90. The number of hydrogen-bond acceptors (Lipinski definition) is 5. The van der Waals surface area contributed by atoms with E-state index in [4.69, 9.17) is 0 Å². The van der Waals surface area contributed by atoms with Gasteiger partial charge in [-0.15, -0.1) is 11.8 Å². The number of sulfone groups is 1. The average molecular weight is 411 g/mol. The fraction of sp³-hybridized carbons (Fsp3) is 0.579. The van der Waals surface area contributed by atoms with E-state index in [2.05, 4.69) is 5.32 Å². The van der Waals surface area contributed by atoms with E-state index in [0.29, 0.717) is 11.4 Å². The Morgan fingerprint density at radius 1 is 1.30 bits per heavy atom. The van der Waals surface area contributed by atoms with Crippen LogP contribution < -0.4 is 5.32 Å². The Hall–Kier alpha value is -1.54. The lowest BCUT2D eigenvalue weighted by molar-refractivity contribution is -0.132. The first-order valence-electron chi connectivity index (χ1n) is 9.35. The summed E-state index contributed by atoms with van der Waals surface area (Å²) < 4.78 is 25.9. The van der Waals surface area contributed by atoms with E-state index in [0.717, 1.165) is 30.6 Å². The third-order valence-corrected chi connectivity index (χ3v) is 8.63. The van der Waals surface area contributed by atoms with Gasteiger partial charge in [-0.05, 0) is 38.0 Å². The Kier molecular flexibility index (Phi) is 6.15. The molecule has 8 heteroatoms. The highest BCUT2D eigenvalue weighted by Crippen LogP contribution is 2.34. The third kappa shape index (κ3) is 4.48. The Labute approximate surface area is 165 Å². The number of benzene rings is 1. The predicted molar refractivity (Wildman–Crippen MR) is 107 cm³/mol. The number of carbonyl (C=O) groups is 2. The van der Waals surface area contributed by atoms with Crippen molar-refractivity contribution >= 4 is 39.1 Å². The maximum absolute atomic E-state index is 12.9. The first-order chi connectivity index (χ1) is 12.8. The summed E-state index contributed by atoms with van der Waals surface area (Å²) in [6.45, 7) is 1.58. The Morgan fingerprint density at radius 2 is 2.00 bits per heavy atom. The van der Waals surface area contributed by atoms with Crippen LogP contribution in [-0.2, 0) is 19.4 Å². The van der Waals surface area contributed by atoms with Crippen molar-refractivity contribution in [2.75, 3.05) is 18.1 Å². The van der Waals surface area contributed by atoms with E-state index in [-0.39, 0.29) is 29.2 Å². The van der Waals surface area contributed by atoms with Gasteiger partial charge in [0.1, 0.15) is 0 Å². The van der Waals surface area contributed by atoms with Crippen molar-refractivity contribution in [2.24, 2.45) is 0 Å². The topological polar surface area (TPSA) is 83.6 Å². The summed E-state index contributed by atoms with van der Waals surface area (Å²) >= 11 is 1.39. The van der Waals surface area contributed by atoms with E-state index >= 15 is 0 Å². The lowest BCUT2D eigenvalue weighted by Crippen LogP contribution is -2.40. The second-order valence-electron chi connectivity index (χ2n) is 7.35. The monoisotopic (exact) mass is 410 g/mol. The van der Waals surface area contributed by atoms with Crippen molar-refractivity contribution < 1.29 is 18.0 Å². The zero-order valence-corrected chi connectivity index (χ0v) is 17.4. The molecule has 27 heavy (non-hydrogen) atoms. The van der Waals surface area contributed by atoms with Crippen LogP contribution in [-0.4, -0.2) is 49.2 Å². The van der Waals surface area contributed by atoms with Gasteiger partial charge < -0.3 is 10.2 Å². The van der Waals surface area contributed by atoms with Crippen LogP contribution in [0, 0.1) is 0 Å². The Balaban J connectivity index is 1.71. The van der Waals surface area contributed by atoms with Gasteiger partial charge in [0.15, 0.2) is 9.84 Å². The maximum atomic E-state index is 12.9. The van der Waals surface area contributed by atoms with Gasteiger partial charge in [-0.3, -0.25) is 9.59 Å². The summed E-state index contributed by atoms with van der Waals surface area (Å²) in [4.78, 5) is 26.9. The summed E-state index contributed by atoms with van der Waals surface area (Å²) in [7, 11) is -1.88. The van der Waals surface area contributed by atoms with Crippen LogP contribution in [0.25, 0.3) is 0 Å². The molecule has 3 rings (SSSR count). The van der Waals surface area contributed by atoms with Crippen LogP contribution in [0.15, 0.2) is 28.0 Å². The van der Waals surface area contributed by atoms with E-state index in [9.17, 15) is 18.0 Å². The van der Waals surface area contributed by atoms with E-state index in [1.165, 1.54) is 24.2 Å². The quantitative estimate of drug-likeness (QED) is 0.806. The number of hydrogen-bond donors (Lipinski definition) is 1. The third-order valence-electron chi connectivity index (χ3n) is 5.42. The molecule has 1 N–H and O–H groups in total. The highest BCUT2D eigenvalue weighted by Gasteiger charge is 2.30. The van der Waals surface area contributed by atoms with Gasteiger partial charge in [0.25, 0.3) is 0 Å². The van der Waals surface area contributed by atoms with Gasteiger partial charge in [-0.1, -0.05) is 19.3 Å². The van der Waals surface area contributed by atoms with E-state index in [1.54, 1.807) is 31.0 Å². The minimum Gasteiger partial charge on any atom is -0.343 e. The highest BCUT2D eigenvalue weighted by atomic mass is 32.2. The molecule has 1 aliphatic carbocycles. The first-order valence-corrected chi connectivity index (χ1v) is 11.9. The molecule has 1 aromatic rings. The first kappa shape index (κ1) is 20.2. The second kappa shape index (κ2) is 8.22. The maximum Gasteiger partial charge on any atom is 0.234 e. The number of anilines is 1. The van der Waals surface area contributed by atoms with Crippen molar-refractivity contribution in [3.8, 4) is 0 Å². The van der Waals surface area contributed by atoms with E-state index < -0.39 is 15.1 Å². The summed E-state index contributed by atoms with van der Waals surface area (Å²) in [5.41, 5.74) is 0.523. The predicted octanol–water partition coefficient (Wildman–Crippen LogP) is 3.07. The average Bonchev–Trinajstić information content (AvgIpc) is 2.67. The standard InChI is InChI=1S/C19H26N2O4S2/c1-13(10-19(23)21(2)14-6-4-3-5-7-14)27(24,25)15-8-9-17-16(11-15)20-18(22)12-26-17/h8-9,11,13-14H,3-7,10,12H2,1-2H3,(H,20,22). The van der Waals surface area contributed by atoms with Crippen LogP contribution in [0.1, 0.15) is 45.4 Å². The molecule has 1 atom stereocenters. The number of fused-ring (bicyclic) bond motifs is 1. The van der Waals surface area contributed by atoms with Crippen LogP contribution in [0.4, 0.5) is 5.69 Å². The fourth-order valence-corrected chi connectivity index (χ4v) is 5.80. The minimum atomic E-state index is -3.66. The Morgan fingerprint density at radius 3 is 2.70 bits per heavy atom. The van der Waals surface area contributed by atoms with Crippen molar-refractivity contribution in [1.82, 2.24) is 4.90 Å². The molecular weight excluding hydrogens is 384 g/mol. The largest absolute Gasteiger partial charge is 0.343 e. The molecule has 0 radical (unpaired) electrons. The van der Waals surface area contributed by atoms with Gasteiger partial charge >= 0.3 is 0 Å². The molecular formula is C19H26N2O4S2. The van der Waals surface area contributed by atoms with Gasteiger partial charge in [-0.25, -0.2) is 8.42 Å². The normalized spacial score (nSPS) is 19.1. The molecule has 6 nitrogen and oxygen atoms in total. The molecule has 0 spiro atoms. The molecule has 0 saturated heterocycles. The van der Waals surface area contributed by atoms with Gasteiger partial charge in [0, 0.05) is 24.4 Å². The van der Waals surface area contributed by atoms with E-state index in [1.807, 2.05) is 0 Å². The van der Waals surface area contributed by atoms with Gasteiger partial charge in [0.05, 0.1) is 21.6 Å². The molecule has 1 aromatic carbocycles. The Bertz CT molecular complexity index is 832. The van der Waals surface area contributed by atoms with Crippen molar-refractivity contribution in [1.29, 1.82) is 0 Å². The second-order valence-corrected chi connectivity index (χ2v) is 10.7. The number of thioether (sulfide) groups is 1. The molecule has 1 unspecified atom stereocenters. The number of nitrogens with zero attached hydrogens (tertiary/aromatic N) is 1. The molecule has 148 valence electrons. The van der Waals surface area contributed by atoms with Crippen LogP contribution in [0.5, 0.6) is 0 Å². The number of amides is 2. The molecule has 1 fully saturated rings. The lowest BCUT2D eigenvalue weighted by Gasteiger charge is -2.32. The number of nitrogens with one attached hydrogen (secondary N) is 1. The summed E-state index contributed by atoms with van der Waals surface area (Å²) in [5.74, 6) is 0.0662. The minimum absolute atomic E-state index is 0.0342. The summed E-state index contributed by atoms with van der Waals surface area (Å²) in [6, 6.07) is 5.00. The van der Waals surface area contributed by atoms with Crippen molar-refractivity contribution in [2.45, 2.75) is 66.5 Å². The highest BCUT2D eigenvalue weighted by molar-refractivity contribution is 8.00. The molecule has 1 saturated carbocycles. The molecule has 0 bridgehead atoms. The van der Waals surface area contributed by atoms with Gasteiger partial charge in [-0.2, -0.15) is 0 Å². The zero-order valence-electron chi connectivity index (χ0n) is 15.7. The molecule has 2 aliphatic rings. The summed E-state index contributed by atoms with van der Waals surface area (Å²) in [6.07, 6.45) is 5.39.